The molecule has 102 valence electrons. The van der Waals surface area contributed by atoms with Crippen molar-refractivity contribution in [2.24, 2.45) is 11.8 Å². The molecule has 1 amide bonds. The van der Waals surface area contributed by atoms with Gasteiger partial charge in [0.05, 0.1) is 18.3 Å². The summed E-state index contributed by atoms with van der Waals surface area (Å²) >= 11 is 0. The zero-order valence-electron chi connectivity index (χ0n) is 11.2. The van der Waals surface area contributed by atoms with E-state index in [1.807, 2.05) is 13.0 Å². The molecule has 1 saturated heterocycles. The Morgan fingerprint density at radius 3 is 3.26 bits per heavy atom. The number of hydrogen-bond donors (Lipinski definition) is 2. The number of hydrogen-bond acceptors (Lipinski definition) is 4. The topological polar surface area (TPSA) is 66.9 Å². The number of amides is 1. The van der Waals surface area contributed by atoms with E-state index < -0.39 is 0 Å². The predicted molar refractivity (Wildman–Crippen MR) is 71.2 cm³/mol. The SMILES string of the molecule is Cc1nccc(CNC(=O)C2NCC3CCCC32)n1. The average molecular weight is 260 g/mol. The number of carbonyl (C=O) groups is 1. The van der Waals surface area contributed by atoms with Crippen molar-refractivity contribution in [3.05, 3.63) is 23.8 Å². The van der Waals surface area contributed by atoms with Crippen LogP contribution >= 0.6 is 0 Å². The first-order chi connectivity index (χ1) is 9.24. The van der Waals surface area contributed by atoms with Gasteiger partial charge in [-0.05, 0) is 44.2 Å². The number of fused-ring (bicyclic) bond motifs is 1. The van der Waals surface area contributed by atoms with Crippen LogP contribution in [0.4, 0.5) is 0 Å². The molecule has 5 nitrogen and oxygen atoms in total. The second kappa shape index (κ2) is 5.25. The summed E-state index contributed by atoms with van der Waals surface area (Å²) in [7, 11) is 0. The lowest BCUT2D eigenvalue weighted by molar-refractivity contribution is -0.124. The van der Waals surface area contributed by atoms with Crippen molar-refractivity contribution in [2.75, 3.05) is 6.54 Å². The van der Waals surface area contributed by atoms with Gasteiger partial charge in [0.25, 0.3) is 0 Å². The molecule has 0 spiro atoms. The fourth-order valence-corrected chi connectivity index (χ4v) is 3.37. The van der Waals surface area contributed by atoms with Crippen LogP contribution < -0.4 is 10.6 Å². The standard InChI is InChI=1S/C14H20N4O/c1-9-15-6-5-11(18-9)8-17-14(19)13-12-4-2-3-10(12)7-16-13/h5-6,10,12-13,16H,2-4,7-8H2,1H3,(H,17,19). The number of aromatic nitrogens is 2. The third kappa shape index (κ3) is 2.61. The van der Waals surface area contributed by atoms with Crippen molar-refractivity contribution in [1.82, 2.24) is 20.6 Å². The van der Waals surface area contributed by atoms with E-state index in [9.17, 15) is 4.79 Å². The third-order valence-corrected chi connectivity index (χ3v) is 4.31. The molecule has 3 unspecified atom stereocenters. The Hall–Kier alpha value is -1.49. The molecule has 3 rings (SSSR count). The number of nitrogens with one attached hydrogen (secondary N) is 2. The maximum atomic E-state index is 12.2. The van der Waals surface area contributed by atoms with E-state index in [-0.39, 0.29) is 11.9 Å². The molecule has 1 aromatic heterocycles. The van der Waals surface area contributed by atoms with Crippen LogP contribution in [0.15, 0.2) is 12.3 Å². The Bertz CT molecular complexity index is 476. The molecule has 1 saturated carbocycles. The minimum absolute atomic E-state index is 0.00423. The summed E-state index contributed by atoms with van der Waals surface area (Å²) in [6.07, 6.45) is 5.45. The highest BCUT2D eigenvalue weighted by Gasteiger charge is 2.42. The first kappa shape index (κ1) is 12.5. The average Bonchev–Trinajstić information content (AvgIpc) is 2.98. The number of rotatable bonds is 3. The van der Waals surface area contributed by atoms with Gasteiger partial charge in [0.1, 0.15) is 5.82 Å². The van der Waals surface area contributed by atoms with E-state index in [1.54, 1.807) is 6.20 Å². The summed E-state index contributed by atoms with van der Waals surface area (Å²) in [5, 5.41) is 6.35. The lowest BCUT2D eigenvalue weighted by Gasteiger charge is -2.17. The van der Waals surface area contributed by atoms with Crippen molar-refractivity contribution in [3.63, 3.8) is 0 Å². The molecule has 2 heterocycles. The summed E-state index contributed by atoms with van der Waals surface area (Å²) in [4.78, 5) is 20.6. The molecule has 0 aromatic carbocycles. The number of carbonyl (C=O) groups excluding carboxylic acids is 1. The number of nitrogens with zero attached hydrogens (tertiary/aromatic N) is 2. The molecule has 2 aliphatic rings. The van der Waals surface area contributed by atoms with Gasteiger partial charge in [-0.2, -0.15) is 0 Å². The van der Waals surface area contributed by atoms with E-state index in [1.165, 1.54) is 19.3 Å². The molecule has 5 heteroatoms. The highest BCUT2D eigenvalue weighted by Crippen LogP contribution is 2.37. The molecule has 1 aliphatic heterocycles. The summed E-state index contributed by atoms with van der Waals surface area (Å²) in [6.45, 7) is 3.33. The van der Waals surface area contributed by atoms with Crippen LogP contribution in [0.3, 0.4) is 0 Å². The Balaban J connectivity index is 1.57. The van der Waals surface area contributed by atoms with Crippen LogP contribution in [0.5, 0.6) is 0 Å². The summed E-state index contributed by atoms with van der Waals surface area (Å²) in [5.41, 5.74) is 0.863. The molecule has 1 aliphatic carbocycles. The Morgan fingerprint density at radius 2 is 2.42 bits per heavy atom. The Morgan fingerprint density at radius 1 is 1.53 bits per heavy atom. The van der Waals surface area contributed by atoms with Gasteiger partial charge < -0.3 is 10.6 Å². The Labute approximate surface area is 113 Å². The number of aryl methyl sites for hydroxylation is 1. The van der Waals surface area contributed by atoms with Gasteiger partial charge in [-0.1, -0.05) is 6.42 Å². The smallest absolute Gasteiger partial charge is 0.237 e. The Kier molecular flexibility index (Phi) is 3.46. The lowest BCUT2D eigenvalue weighted by atomic mass is 9.93. The minimum atomic E-state index is -0.00423. The largest absolute Gasteiger partial charge is 0.349 e. The zero-order chi connectivity index (χ0) is 13.2. The predicted octanol–water partition coefficient (Wildman–Crippen LogP) is 0.789. The lowest BCUT2D eigenvalue weighted by Crippen LogP contribution is -2.43. The molecule has 0 bridgehead atoms. The van der Waals surface area contributed by atoms with E-state index in [4.69, 9.17) is 0 Å². The molecular formula is C14H20N4O. The molecule has 3 atom stereocenters. The highest BCUT2D eigenvalue weighted by molar-refractivity contribution is 5.82. The molecule has 2 fully saturated rings. The normalized spacial score (nSPS) is 29.2. The van der Waals surface area contributed by atoms with E-state index in [0.29, 0.717) is 18.4 Å². The molecule has 2 N–H and O–H groups in total. The van der Waals surface area contributed by atoms with Gasteiger partial charge >= 0.3 is 0 Å². The van der Waals surface area contributed by atoms with Gasteiger partial charge in [0.15, 0.2) is 0 Å². The van der Waals surface area contributed by atoms with Crippen LogP contribution in [0, 0.1) is 18.8 Å². The monoisotopic (exact) mass is 260 g/mol. The van der Waals surface area contributed by atoms with Crippen LogP contribution in [0.1, 0.15) is 30.8 Å². The van der Waals surface area contributed by atoms with E-state index >= 15 is 0 Å². The maximum absolute atomic E-state index is 12.2. The van der Waals surface area contributed by atoms with Crippen molar-refractivity contribution in [3.8, 4) is 0 Å². The van der Waals surface area contributed by atoms with Crippen molar-refractivity contribution >= 4 is 5.91 Å². The van der Waals surface area contributed by atoms with Crippen LogP contribution in [0.2, 0.25) is 0 Å². The van der Waals surface area contributed by atoms with Gasteiger partial charge in [0.2, 0.25) is 5.91 Å². The fourth-order valence-electron chi connectivity index (χ4n) is 3.37. The summed E-state index contributed by atoms with van der Waals surface area (Å²) < 4.78 is 0. The summed E-state index contributed by atoms with van der Waals surface area (Å²) in [5.74, 6) is 2.09. The zero-order valence-corrected chi connectivity index (χ0v) is 11.2. The van der Waals surface area contributed by atoms with Crippen LogP contribution in [0.25, 0.3) is 0 Å². The third-order valence-electron chi connectivity index (χ3n) is 4.31. The molecular weight excluding hydrogens is 240 g/mol. The van der Waals surface area contributed by atoms with Crippen molar-refractivity contribution < 1.29 is 4.79 Å². The quantitative estimate of drug-likeness (QED) is 0.843. The first-order valence-electron chi connectivity index (χ1n) is 7.03. The van der Waals surface area contributed by atoms with E-state index in [2.05, 4.69) is 20.6 Å². The molecule has 1 aromatic rings. The van der Waals surface area contributed by atoms with Crippen molar-refractivity contribution in [1.29, 1.82) is 0 Å². The second-order valence-electron chi connectivity index (χ2n) is 5.55. The van der Waals surface area contributed by atoms with E-state index in [0.717, 1.165) is 18.1 Å². The molecule has 0 radical (unpaired) electrons. The highest BCUT2D eigenvalue weighted by atomic mass is 16.2. The maximum Gasteiger partial charge on any atom is 0.237 e. The van der Waals surface area contributed by atoms with Crippen molar-refractivity contribution in [2.45, 2.75) is 38.8 Å². The van der Waals surface area contributed by atoms with Gasteiger partial charge in [0, 0.05) is 6.20 Å². The second-order valence-corrected chi connectivity index (χ2v) is 5.55. The van der Waals surface area contributed by atoms with Crippen LogP contribution in [-0.4, -0.2) is 28.5 Å². The van der Waals surface area contributed by atoms with Gasteiger partial charge in [-0.15, -0.1) is 0 Å². The molecule has 19 heavy (non-hydrogen) atoms. The minimum Gasteiger partial charge on any atom is -0.349 e. The van der Waals surface area contributed by atoms with Gasteiger partial charge in [-0.3, -0.25) is 4.79 Å². The van der Waals surface area contributed by atoms with Crippen LogP contribution in [-0.2, 0) is 11.3 Å². The fraction of sp³-hybridized carbons (Fsp3) is 0.643. The van der Waals surface area contributed by atoms with Gasteiger partial charge in [-0.25, -0.2) is 9.97 Å². The summed E-state index contributed by atoms with van der Waals surface area (Å²) in [6, 6.07) is 1.84. The first-order valence-corrected chi connectivity index (χ1v) is 7.03.